The van der Waals surface area contributed by atoms with Gasteiger partial charge in [-0.25, -0.2) is 0 Å². The Bertz CT molecular complexity index is 314. The third kappa shape index (κ3) is 4.51. The lowest BCUT2D eigenvalue weighted by atomic mass is 10.0. The highest BCUT2D eigenvalue weighted by atomic mass is 16.5. The van der Waals surface area contributed by atoms with Gasteiger partial charge in [-0.15, -0.1) is 0 Å². The highest BCUT2D eigenvalue weighted by molar-refractivity contribution is 5.85. The normalized spacial score (nSPS) is 12.4. The first-order valence-electron chi connectivity index (χ1n) is 5.40. The number of aromatic nitrogens is 1. The number of pyridine rings is 1. The fourth-order valence-electron chi connectivity index (χ4n) is 1.44. The Labute approximate surface area is 95.8 Å². The molecule has 2 N–H and O–H groups in total. The van der Waals surface area contributed by atoms with E-state index in [4.69, 9.17) is 10.5 Å². The number of carbonyl (C=O) groups excluding carboxylic acids is 1. The first kappa shape index (κ1) is 12.8. The Morgan fingerprint density at radius 1 is 1.62 bits per heavy atom. The van der Waals surface area contributed by atoms with Crippen LogP contribution in [0.25, 0.3) is 0 Å². The van der Waals surface area contributed by atoms with Crippen molar-refractivity contribution >= 4 is 5.78 Å². The summed E-state index contributed by atoms with van der Waals surface area (Å²) in [5.74, 6) is 0.0594. The maximum atomic E-state index is 11.7. The van der Waals surface area contributed by atoms with Crippen molar-refractivity contribution in [3.05, 3.63) is 30.1 Å². The van der Waals surface area contributed by atoms with Crippen molar-refractivity contribution in [3.63, 3.8) is 0 Å². The third-order valence-corrected chi connectivity index (χ3v) is 2.38. The largest absolute Gasteiger partial charge is 0.385 e. The van der Waals surface area contributed by atoms with Crippen molar-refractivity contribution < 1.29 is 9.53 Å². The maximum absolute atomic E-state index is 11.7. The van der Waals surface area contributed by atoms with E-state index in [9.17, 15) is 4.79 Å². The van der Waals surface area contributed by atoms with Crippen molar-refractivity contribution in [2.45, 2.75) is 25.3 Å². The van der Waals surface area contributed by atoms with Crippen LogP contribution < -0.4 is 5.73 Å². The van der Waals surface area contributed by atoms with Crippen LogP contribution in [0.4, 0.5) is 0 Å². The Kier molecular flexibility index (Phi) is 5.67. The van der Waals surface area contributed by atoms with E-state index in [-0.39, 0.29) is 5.78 Å². The van der Waals surface area contributed by atoms with Crippen LogP contribution in [0.2, 0.25) is 0 Å². The number of hydrogen-bond acceptors (Lipinski definition) is 4. The molecular formula is C12H18N2O2. The number of hydrogen-bond donors (Lipinski definition) is 1. The summed E-state index contributed by atoms with van der Waals surface area (Å²) >= 11 is 0. The fraction of sp³-hybridized carbons (Fsp3) is 0.500. The molecule has 16 heavy (non-hydrogen) atoms. The molecule has 0 saturated heterocycles. The number of nitrogens with two attached hydrogens (primary N) is 1. The van der Waals surface area contributed by atoms with Crippen molar-refractivity contribution in [1.82, 2.24) is 4.98 Å². The molecule has 4 heteroatoms. The monoisotopic (exact) mass is 222 g/mol. The van der Waals surface area contributed by atoms with Gasteiger partial charge in [0.1, 0.15) is 0 Å². The number of ketones is 1. The topological polar surface area (TPSA) is 65.2 Å². The van der Waals surface area contributed by atoms with E-state index in [1.54, 1.807) is 19.5 Å². The van der Waals surface area contributed by atoms with Gasteiger partial charge in [-0.3, -0.25) is 9.78 Å². The summed E-state index contributed by atoms with van der Waals surface area (Å²) in [7, 11) is 1.64. The molecule has 1 heterocycles. The third-order valence-electron chi connectivity index (χ3n) is 2.38. The molecule has 1 aromatic heterocycles. The van der Waals surface area contributed by atoms with Crippen LogP contribution >= 0.6 is 0 Å². The highest BCUT2D eigenvalue weighted by Gasteiger charge is 2.13. The second kappa shape index (κ2) is 7.09. The van der Waals surface area contributed by atoms with Crippen LogP contribution in [-0.2, 0) is 16.0 Å². The van der Waals surface area contributed by atoms with E-state index in [2.05, 4.69) is 4.98 Å². The van der Waals surface area contributed by atoms with Crippen molar-refractivity contribution in [1.29, 1.82) is 0 Å². The van der Waals surface area contributed by atoms with Gasteiger partial charge in [0.2, 0.25) is 0 Å². The van der Waals surface area contributed by atoms with Crippen LogP contribution in [0.1, 0.15) is 18.4 Å². The number of ether oxygens (including phenoxy) is 1. The number of Topliss-reactive ketones (excluding diaryl/α,β-unsaturated/α-hetero) is 1. The Hall–Kier alpha value is -1.26. The molecular weight excluding hydrogens is 204 g/mol. The molecule has 0 bridgehead atoms. The Morgan fingerprint density at radius 3 is 3.06 bits per heavy atom. The molecule has 1 unspecified atom stereocenters. The quantitative estimate of drug-likeness (QED) is 0.697. The van der Waals surface area contributed by atoms with Crippen molar-refractivity contribution in [2.75, 3.05) is 13.7 Å². The molecule has 0 aliphatic carbocycles. The molecule has 0 amide bonds. The van der Waals surface area contributed by atoms with Gasteiger partial charge >= 0.3 is 0 Å². The number of nitrogens with zero attached hydrogens (tertiary/aromatic N) is 1. The number of rotatable bonds is 7. The summed E-state index contributed by atoms with van der Waals surface area (Å²) in [6.07, 6.45) is 5.23. The van der Waals surface area contributed by atoms with E-state index < -0.39 is 6.04 Å². The van der Waals surface area contributed by atoms with E-state index in [0.717, 1.165) is 12.0 Å². The van der Waals surface area contributed by atoms with E-state index in [1.165, 1.54) is 0 Å². The average molecular weight is 222 g/mol. The standard InChI is InChI=1S/C12H18N2O2/c1-16-7-3-5-11(13)12(15)8-10-4-2-6-14-9-10/h2,4,6,9,11H,3,5,7-8,13H2,1H3. The summed E-state index contributed by atoms with van der Waals surface area (Å²) in [6.45, 7) is 0.647. The van der Waals surface area contributed by atoms with Gasteiger partial charge < -0.3 is 10.5 Å². The van der Waals surface area contributed by atoms with Crippen molar-refractivity contribution in [3.8, 4) is 0 Å². The summed E-state index contributed by atoms with van der Waals surface area (Å²) < 4.78 is 4.91. The zero-order chi connectivity index (χ0) is 11.8. The molecule has 0 aliphatic rings. The predicted octanol–water partition coefficient (Wildman–Crippen LogP) is 0.947. The first-order chi connectivity index (χ1) is 7.74. The van der Waals surface area contributed by atoms with E-state index >= 15 is 0 Å². The van der Waals surface area contributed by atoms with Crippen LogP contribution in [-0.4, -0.2) is 30.5 Å². The molecule has 1 rings (SSSR count). The minimum atomic E-state index is -0.393. The van der Waals surface area contributed by atoms with Gasteiger partial charge in [0.25, 0.3) is 0 Å². The molecule has 0 aromatic carbocycles. The molecule has 88 valence electrons. The van der Waals surface area contributed by atoms with Crippen LogP contribution in [0.5, 0.6) is 0 Å². The van der Waals surface area contributed by atoms with E-state index in [1.807, 2.05) is 12.1 Å². The summed E-state index contributed by atoms with van der Waals surface area (Å²) in [5.41, 5.74) is 6.69. The van der Waals surface area contributed by atoms with Gasteiger partial charge in [-0.1, -0.05) is 6.07 Å². The zero-order valence-corrected chi connectivity index (χ0v) is 9.56. The van der Waals surface area contributed by atoms with Crippen LogP contribution in [0, 0.1) is 0 Å². The molecule has 4 nitrogen and oxygen atoms in total. The summed E-state index contributed by atoms with van der Waals surface area (Å²) in [6, 6.07) is 3.31. The lowest BCUT2D eigenvalue weighted by Crippen LogP contribution is -2.32. The fourth-order valence-corrected chi connectivity index (χ4v) is 1.44. The minimum Gasteiger partial charge on any atom is -0.385 e. The highest BCUT2D eigenvalue weighted by Crippen LogP contribution is 2.03. The molecule has 0 radical (unpaired) electrons. The summed E-state index contributed by atoms with van der Waals surface area (Å²) in [5, 5.41) is 0. The first-order valence-corrected chi connectivity index (χ1v) is 5.40. The lowest BCUT2D eigenvalue weighted by molar-refractivity contribution is -0.119. The van der Waals surface area contributed by atoms with Crippen molar-refractivity contribution in [2.24, 2.45) is 5.73 Å². The van der Waals surface area contributed by atoms with Crippen LogP contribution in [0.3, 0.4) is 0 Å². The SMILES string of the molecule is COCCCC(N)C(=O)Cc1cccnc1. The number of carbonyl (C=O) groups is 1. The van der Waals surface area contributed by atoms with Gasteiger partial charge in [-0.05, 0) is 24.5 Å². The van der Waals surface area contributed by atoms with Gasteiger partial charge in [-0.2, -0.15) is 0 Å². The smallest absolute Gasteiger partial charge is 0.153 e. The molecule has 1 atom stereocenters. The molecule has 0 fully saturated rings. The Balaban J connectivity index is 2.34. The second-order valence-electron chi connectivity index (χ2n) is 3.75. The van der Waals surface area contributed by atoms with Gasteiger partial charge in [0.05, 0.1) is 6.04 Å². The van der Waals surface area contributed by atoms with E-state index in [0.29, 0.717) is 19.4 Å². The number of methoxy groups -OCH3 is 1. The molecule has 0 spiro atoms. The Morgan fingerprint density at radius 2 is 2.44 bits per heavy atom. The summed E-state index contributed by atoms with van der Waals surface area (Å²) in [4.78, 5) is 15.7. The average Bonchev–Trinajstić information content (AvgIpc) is 2.30. The van der Waals surface area contributed by atoms with Gasteiger partial charge in [0.15, 0.2) is 5.78 Å². The second-order valence-corrected chi connectivity index (χ2v) is 3.75. The van der Waals surface area contributed by atoms with Gasteiger partial charge in [0, 0.05) is 32.5 Å². The molecule has 0 aliphatic heterocycles. The molecule has 0 saturated carbocycles. The zero-order valence-electron chi connectivity index (χ0n) is 9.56. The maximum Gasteiger partial charge on any atom is 0.153 e. The minimum absolute atomic E-state index is 0.0594. The predicted molar refractivity (Wildman–Crippen MR) is 62.0 cm³/mol. The molecule has 1 aromatic rings. The lowest BCUT2D eigenvalue weighted by Gasteiger charge is -2.09. The van der Waals surface area contributed by atoms with Crippen LogP contribution in [0.15, 0.2) is 24.5 Å².